The summed E-state index contributed by atoms with van der Waals surface area (Å²) in [5, 5.41) is 0. The van der Waals surface area contributed by atoms with E-state index < -0.39 is 0 Å². The minimum absolute atomic E-state index is 0.0517. The van der Waals surface area contributed by atoms with Crippen LogP contribution in [0.4, 0.5) is 0 Å². The van der Waals surface area contributed by atoms with Crippen LogP contribution in [0.2, 0.25) is 0 Å². The van der Waals surface area contributed by atoms with Gasteiger partial charge in [0.15, 0.2) is 0 Å². The summed E-state index contributed by atoms with van der Waals surface area (Å²) in [7, 11) is 0. The number of aryl methyl sites for hydroxylation is 2. The lowest BCUT2D eigenvalue weighted by molar-refractivity contribution is 0.567. The molecule has 0 radical (unpaired) electrons. The van der Waals surface area contributed by atoms with Gasteiger partial charge in [0, 0.05) is 5.57 Å². The van der Waals surface area contributed by atoms with Crippen molar-refractivity contribution in [3.8, 4) is 0 Å². The minimum Gasteiger partial charge on any atom is -0.116 e. The Kier molecular flexibility index (Phi) is 10.3. The molecule has 2 aromatic rings. The van der Waals surface area contributed by atoms with Crippen molar-refractivity contribution in [2.75, 3.05) is 0 Å². The van der Waals surface area contributed by atoms with Gasteiger partial charge in [-0.1, -0.05) is 107 Å². The monoisotopic (exact) mass is 440 g/mol. The van der Waals surface area contributed by atoms with Gasteiger partial charge in [-0.25, -0.2) is 0 Å². The summed E-state index contributed by atoms with van der Waals surface area (Å²) >= 11 is 0. The summed E-state index contributed by atoms with van der Waals surface area (Å²) in [4.78, 5) is 0. The highest BCUT2D eigenvalue weighted by Gasteiger charge is 2.18. The molecule has 0 aliphatic heterocycles. The smallest absolute Gasteiger partial charge is 0.00658 e. The lowest BCUT2D eigenvalue weighted by Crippen LogP contribution is -2.07. The molecule has 0 N–H and O–H groups in total. The summed E-state index contributed by atoms with van der Waals surface area (Å²) in [6.45, 7) is 6.85. The average Bonchev–Trinajstić information content (AvgIpc) is 2.80. The fourth-order valence-electron chi connectivity index (χ4n) is 4.63. The van der Waals surface area contributed by atoms with Crippen LogP contribution in [0.3, 0.4) is 0 Å². The van der Waals surface area contributed by atoms with E-state index in [0.29, 0.717) is 0 Å². The molecule has 0 atom stereocenters. The molecule has 33 heavy (non-hydrogen) atoms. The first-order chi connectivity index (χ1) is 16.0. The topological polar surface area (TPSA) is 0 Å². The third-order valence-electron chi connectivity index (χ3n) is 6.69. The van der Waals surface area contributed by atoms with Crippen LogP contribution in [0.5, 0.6) is 0 Å². The Labute approximate surface area is 203 Å². The van der Waals surface area contributed by atoms with Crippen molar-refractivity contribution in [1.82, 2.24) is 0 Å². The summed E-state index contributed by atoms with van der Waals surface area (Å²) in [5.41, 5.74) is 10.4. The number of hydrogen-bond donors (Lipinski definition) is 0. The molecule has 2 aromatic carbocycles. The highest BCUT2D eigenvalue weighted by Crippen LogP contribution is 2.33. The second-order valence-electron chi connectivity index (χ2n) is 10.7. The van der Waals surface area contributed by atoms with Gasteiger partial charge in [0.25, 0.3) is 0 Å². The number of fused-ring (bicyclic) bond motifs is 2. The molecule has 0 saturated carbocycles. The molecule has 3 aliphatic carbocycles. The fraction of sp³-hybridized carbons (Fsp3) is 0.485. The Bertz CT molecular complexity index is 909. The predicted octanol–water partition coefficient (Wildman–Crippen LogP) is 9.98. The molecule has 3 aliphatic rings. The Morgan fingerprint density at radius 3 is 1.58 bits per heavy atom. The van der Waals surface area contributed by atoms with Gasteiger partial charge < -0.3 is 0 Å². The van der Waals surface area contributed by atoms with Crippen molar-refractivity contribution in [2.24, 2.45) is 5.41 Å². The third kappa shape index (κ3) is 9.23. The van der Waals surface area contributed by atoms with E-state index in [2.05, 4.69) is 93.3 Å². The molecule has 0 aromatic heterocycles. The van der Waals surface area contributed by atoms with Gasteiger partial charge in [-0.05, 0) is 85.1 Å². The van der Waals surface area contributed by atoms with Crippen LogP contribution < -0.4 is 0 Å². The molecule has 0 saturated heterocycles. The molecule has 0 fully saturated rings. The second-order valence-corrected chi connectivity index (χ2v) is 10.7. The number of rotatable bonds is 0. The predicted molar refractivity (Wildman–Crippen MR) is 146 cm³/mol. The maximum absolute atomic E-state index is 3.66. The highest BCUT2D eigenvalue weighted by molar-refractivity contribution is 5.72. The first-order valence-electron chi connectivity index (χ1n) is 13.3. The van der Waals surface area contributed by atoms with E-state index in [0.717, 1.165) is 0 Å². The van der Waals surface area contributed by atoms with Crippen LogP contribution in [0.1, 0.15) is 107 Å². The van der Waals surface area contributed by atoms with Crippen LogP contribution in [-0.4, -0.2) is 0 Å². The summed E-state index contributed by atoms with van der Waals surface area (Å²) in [5.74, 6) is 0. The van der Waals surface area contributed by atoms with Crippen LogP contribution in [0, 0.1) is 5.41 Å². The Balaban J connectivity index is 1.77. The van der Waals surface area contributed by atoms with Gasteiger partial charge in [-0.2, -0.15) is 0 Å². The molecular weight excluding hydrogens is 396 g/mol. The van der Waals surface area contributed by atoms with Crippen LogP contribution in [-0.2, 0) is 12.8 Å². The number of allylic oxidation sites excluding steroid dienone is 3. The summed E-state index contributed by atoms with van der Waals surface area (Å²) in [6.07, 6.45) is 22.5. The van der Waals surface area contributed by atoms with E-state index in [1.807, 2.05) is 0 Å². The standard InChI is InChI=1S/C33H44/c1-33(2,3)32-27-24-30-20-18-28(19-21-30)16-14-12-10-8-6-4-5-7-9-11-13-15-17-29-22-25-31(32)26-23-29/h4-5,18-26H,6-17H2,1-3H3/b5-4-. The lowest BCUT2D eigenvalue weighted by Gasteiger charge is -2.21. The van der Waals surface area contributed by atoms with E-state index >= 15 is 0 Å². The quantitative estimate of drug-likeness (QED) is 0.282. The minimum atomic E-state index is 0.0517. The molecule has 176 valence electrons. The molecule has 0 nitrogen and oxygen atoms in total. The van der Waals surface area contributed by atoms with Gasteiger partial charge in [0.05, 0.1) is 0 Å². The van der Waals surface area contributed by atoms with Crippen LogP contribution >= 0.6 is 0 Å². The Morgan fingerprint density at radius 2 is 1.06 bits per heavy atom. The number of hydrogen-bond acceptors (Lipinski definition) is 0. The zero-order valence-corrected chi connectivity index (χ0v) is 21.3. The summed E-state index contributed by atoms with van der Waals surface area (Å²) < 4.78 is 0. The highest BCUT2D eigenvalue weighted by atomic mass is 14.2. The van der Waals surface area contributed by atoms with Crippen molar-refractivity contribution in [1.29, 1.82) is 0 Å². The van der Waals surface area contributed by atoms with E-state index in [1.54, 1.807) is 0 Å². The Morgan fingerprint density at radius 1 is 0.576 bits per heavy atom. The second kappa shape index (κ2) is 13.4. The lowest BCUT2D eigenvalue weighted by atomic mass is 9.82. The van der Waals surface area contributed by atoms with E-state index in [4.69, 9.17) is 0 Å². The van der Waals surface area contributed by atoms with Crippen LogP contribution in [0.25, 0.3) is 11.6 Å². The zero-order chi connectivity index (χ0) is 23.4. The largest absolute Gasteiger partial charge is 0.116 e. The van der Waals surface area contributed by atoms with Crippen molar-refractivity contribution >= 4 is 11.6 Å². The molecule has 5 rings (SSSR count). The van der Waals surface area contributed by atoms with E-state index in [1.165, 1.54) is 105 Å². The number of benzene rings is 2. The maximum Gasteiger partial charge on any atom is 0.00658 e. The van der Waals surface area contributed by atoms with Gasteiger partial charge in [0.2, 0.25) is 0 Å². The molecule has 0 spiro atoms. The first-order valence-corrected chi connectivity index (χ1v) is 13.3. The van der Waals surface area contributed by atoms with E-state index in [-0.39, 0.29) is 5.41 Å². The van der Waals surface area contributed by atoms with Crippen molar-refractivity contribution in [3.05, 3.63) is 88.7 Å². The van der Waals surface area contributed by atoms with Gasteiger partial charge in [-0.15, -0.1) is 5.73 Å². The average molecular weight is 441 g/mol. The molecule has 0 unspecified atom stereocenters. The molecular formula is C33H44. The Hall–Kier alpha value is -2.30. The molecule has 4 bridgehead atoms. The first kappa shape index (κ1) is 25.3. The van der Waals surface area contributed by atoms with Crippen LogP contribution in [0.15, 0.2) is 66.4 Å². The van der Waals surface area contributed by atoms with Crippen molar-refractivity contribution < 1.29 is 0 Å². The van der Waals surface area contributed by atoms with Crippen molar-refractivity contribution in [2.45, 2.75) is 97.8 Å². The van der Waals surface area contributed by atoms with Gasteiger partial charge >= 0.3 is 0 Å². The molecule has 0 heterocycles. The summed E-state index contributed by atoms with van der Waals surface area (Å²) in [6, 6.07) is 18.3. The zero-order valence-electron chi connectivity index (χ0n) is 21.3. The van der Waals surface area contributed by atoms with E-state index in [9.17, 15) is 0 Å². The third-order valence-corrected chi connectivity index (χ3v) is 6.69. The van der Waals surface area contributed by atoms with Crippen molar-refractivity contribution in [3.63, 3.8) is 0 Å². The molecule has 0 amide bonds. The molecule has 0 heteroatoms. The normalized spacial score (nSPS) is 18.3. The maximum atomic E-state index is 3.66. The SMILES string of the molecule is CC(C)(C)C1=C=Cc2ccc(cc2)CCCCCC/C=C\CCCCCCc2ccc1cc2. The fourth-order valence-corrected chi connectivity index (χ4v) is 4.63. The van der Waals surface area contributed by atoms with Gasteiger partial charge in [0.1, 0.15) is 0 Å². The van der Waals surface area contributed by atoms with Gasteiger partial charge in [-0.3, -0.25) is 0 Å².